The Bertz CT molecular complexity index is 476. The second-order valence-electron chi connectivity index (χ2n) is 2.84. The van der Waals surface area contributed by atoms with Crippen LogP contribution in [0.2, 0.25) is 5.15 Å². The van der Waals surface area contributed by atoms with Gasteiger partial charge in [-0.05, 0) is 18.6 Å². The van der Waals surface area contributed by atoms with E-state index in [1.54, 1.807) is 4.40 Å². The van der Waals surface area contributed by atoms with Crippen LogP contribution in [0.25, 0.3) is 5.52 Å². The number of aromatic nitrogens is 2. The molecule has 0 radical (unpaired) electrons. The number of aldehydes is 1. The zero-order valence-corrected chi connectivity index (χ0v) is 7.75. The largest absolute Gasteiger partial charge is 0.296 e. The van der Waals surface area contributed by atoms with E-state index in [-0.39, 0.29) is 0 Å². The van der Waals surface area contributed by atoms with Gasteiger partial charge in [-0.3, -0.25) is 9.20 Å². The van der Waals surface area contributed by atoms with Crippen molar-refractivity contribution in [1.29, 1.82) is 0 Å². The maximum atomic E-state index is 10.6. The first-order valence-electron chi connectivity index (χ1n) is 3.82. The topological polar surface area (TPSA) is 34.4 Å². The number of aryl methyl sites for hydroxylation is 1. The fraction of sp³-hybridized carbons (Fsp3) is 0.111. The predicted octanol–water partition coefficient (Wildman–Crippen LogP) is 2.11. The third-order valence-corrected chi connectivity index (χ3v) is 2.15. The van der Waals surface area contributed by atoms with Crippen molar-refractivity contribution in [2.75, 3.05) is 0 Å². The number of rotatable bonds is 1. The molecular formula is C9H7ClN2O. The Morgan fingerprint density at radius 3 is 3.00 bits per heavy atom. The third-order valence-electron chi connectivity index (χ3n) is 1.87. The van der Waals surface area contributed by atoms with E-state index in [1.807, 2.05) is 25.3 Å². The van der Waals surface area contributed by atoms with Crippen LogP contribution in [-0.2, 0) is 0 Å². The highest BCUT2D eigenvalue weighted by molar-refractivity contribution is 6.32. The zero-order valence-electron chi connectivity index (χ0n) is 6.99. The Balaban J connectivity index is 2.89. The molecule has 0 aromatic carbocycles. The fourth-order valence-electron chi connectivity index (χ4n) is 1.26. The normalized spacial score (nSPS) is 10.6. The monoisotopic (exact) mass is 194 g/mol. The predicted molar refractivity (Wildman–Crippen MR) is 50.3 cm³/mol. The smallest absolute Gasteiger partial charge is 0.186 e. The first-order chi connectivity index (χ1) is 6.22. The number of pyridine rings is 1. The molecule has 0 unspecified atom stereocenters. The summed E-state index contributed by atoms with van der Waals surface area (Å²) in [4.78, 5) is 14.5. The molecule has 0 atom stereocenters. The SMILES string of the molecule is Cc1ccc2c(Cl)nc(C=O)n2c1. The molecule has 0 saturated carbocycles. The molecule has 0 aliphatic rings. The molecule has 4 heteroatoms. The second-order valence-corrected chi connectivity index (χ2v) is 3.20. The standard InChI is InChI=1S/C9H7ClN2O/c1-6-2-3-7-9(10)11-8(5-13)12(7)4-6/h2-5H,1H3. The number of nitrogens with zero attached hydrogens (tertiary/aromatic N) is 2. The lowest BCUT2D eigenvalue weighted by Crippen LogP contribution is -1.92. The van der Waals surface area contributed by atoms with Crippen molar-refractivity contribution in [3.05, 3.63) is 34.9 Å². The van der Waals surface area contributed by atoms with Crippen molar-refractivity contribution in [3.8, 4) is 0 Å². The number of hydrogen-bond donors (Lipinski definition) is 0. The van der Waals surface area contributed by atoms with Crippen LogP contribution < -0.4 is 0 Å². The summed E-state index contributed by atoms with van der Waals surface area (Å²) < 4.78 is 1.69. The van der Waals surface area contributed by atoms with Gasteiger partial charge in [0, 0.05) is 6.20 Å². The lowest BCUT2D eigenvalue weighted by Gasteiger charge is -1.96. The summed E-state index contributed by atoms with van der Waals surface area (Å²) in [6.45, 7) is 1.95. The Morgan fingerprint density at radius 1 is 1.54 bits per heavy atom. The molecule has 2 aromatic rings. The van der Waals surface area contributed by atoms with Gasteiger partial charge in [-0.2, -0.15) is 0 Å². The van der Waals surface area contributed by atoms with Crippen molar-refractivity contribution in [1.82, 2.24) is 9.38 Å². The summed E-state index contributed by atoms with van der Waals surface area (Å²) in [6, 6.07) is 3.77. The molecule has 0 amide bonds. The van der Waals surface area contributed by atoms with E-state index in [0.29, 0.717) is 17.3 Å². The average molecular weight is 195 g/mol. The minimum absolute atomic E-state index is 0.337. The van der Waals surface area contributed by atoms with Gasteiger partial charge in [-0.15, -0.1) is 0 Å². The van der Waals surface area contributed by atoms with E-state index in [2.05, 4.69) is 4.98 Å². The summed E-state index contributed by atoms with van der Waals surface area (Å²) in [6.07, 6.45) is 2.52. The third kappa shape index (κ3) is 1.21. The molecule has 0 spiro atoms. The van der Waals surface area contributed by atoms with Gasteiger partial charge in [0.05, 0.1) is 5.52 Å². The van der Waals surface area contributed by atoms with Crippen LogP contribution in [0.4, 0.5) is 0 Å². The van der Waals surface area contributed by atoms with Crippen LogP contribution in [0, 0.1) is 6.92 Å². The van der Waals surface area contributed by atoms with Crippen LogP contribution in [0.15, 0.2) is 18.3 Å². The summed E-state index contributed by atoms with van der Waals surface area (Å²) in [5.74, 6) is 0.337. The van der Waals surface area contributed by atoms with Gasteiger partial charge in [0.2, 0.25) is 0 Å². The van der Waals surface area contributed by atoms with Crippen LogP contribution in [-0.4, -0.2) is 15.7 Å². The highest BCUT2D eigenvalue weighted by Crippen LogP contribution is 2.17. The van der Waals surface area contributed by atoms with Crippen molar-refractivity contribution in [2.24, 2.45) is 0 Å². The van der Waals surface area contributed by atoms with Crippen molar-refractivity contribution in [2.45, 2.75) is 6.92 Å². The van der Waals surface area contributed by atoms with Crippen LogP contribution in [0.5, 0.6) is 0 Å². The molecule has 0 bridgehead atoms. The molecule has 2 aromatic heterocycles. The van der Waals surface area contributed by atoms with Gasteiger partial charge in [-0.1, -0.05) is 17.7 Å². The fourth-order valence-corrected chi connectivity index (χ4v) is 1.50. The Hall–Kier alpha value is -1.35. The quantitative estimate of drug-likeness (QED) is 0.652. The molecule has 2 rings (SSSR count). The van der Waals surface area contributed by atoms with Gasteiger partial charge in [0.25, 0.3) is 0 Å². The van der Waals surface area contributed by atoms with Crippen LogP contribution in [0.1, 0.15) is 16.2 Å². The number of imidazole rings is 1. The van der Waals surface area contributed by atoms with Crippen molar-refractivity contribution in [3.63, 3.8) is 0 Å². The van der Waals surface area contributed by atoms with Crippen LogP contribution >= 0.6 is 11.6 Å². The molecular weight excluding hydrogens is 188 g/mol. The summed E-state index contributed by atoms with van der Waals surface area (Å²) >= 11 is 5.82. The minimum Gasteiger partial charge on any atom is -0.296 e. The first kappa shape index (κ1) is 8.26. The zero-order chi connectivity index (χ0) is 9.42. The average Bonchev–Trinajstić information content (AvgIpc) is 2.42. The molecule has 66 valence electrons. The highest BCUT2D eigenvalue weighted by Gasteiger charge is 2.07. The molecule has 3 nitrogen and oxygen atoms in total. The number of carbonyl (C=O) groups is 1. The Morgan fingerprint density at radius 2 is 2.31 bits per heavy atom. The Kier molecular flexibility index (Phi) is 1.81. The summed E-state index contributed by atoms with van der Waals surface area (Å²) in [5, 5.41) is 0.363. The number of hydrogen-bond acceptors (Lipinski definition) is 2. The Labute approximate surface area is 80.0 Å². The molecule has 0 saturated heterocycles. The number of halogens is 1. The molecule has 0 aliphatic heterocycles. The molecule has 0 aliphatic carbocycles. The van der Waals surface area contributed by atoms with Gasteiger partial charge < -0.3 is 0 Å². The lowest BCUT2D eigenvalue weighted by molar-refractivity contribution is 0.111. The summed E-state index contributed by atoms with van der Waals surface area (Å²) in [5.41, 5.74) is 1.82. The lowest BCUT2D eigenvalue weighted by atomic mass is 10.3. The van der Waals surface area contributed by atoms with E-state index in [4.69, 9.17) is 11.6 Å². The number of carbonyl (C=O) groups excluding carboxylic acids is 1. The van der Waals surface area contributed by atoms with Gasteiger partial charge in [-0.25, -0.2) is 4.98 Å². The van der Waals surface area contributed by atoms with Gasteiger partial charge in [0.15, 0.2) is 17.3 Å². The first-order valence-corrected chi connectivity index (χ1v) is 4.19. The maximum Gasteiger partial charge on any atom is 0.186 e. The van der Waals surface area contributed by atoms with E-state index in [1.165, 1.54) is 0 Å². The van der Waals surface area contributed by atoms with Crippen molar-refractivity contribution < 1.29 is 4.79 Å². The second kappa shape index (κ2) is 2.85. The van der Waals surface area contributed by atoms with E-state index in [9.17, 15) is 4.79 Å². The molecule has 0 N–H and O–H groups in total. The number of fused-ring (bicyclic) bond motifs is 1. The van der Waals surface area contributed by atoms with E-state index < -0.39 is 0 Å². The van der Waals surface area contributed by atoms with Gasteiger partial charge >= 0.3 is 0 Å². The molecule has 2 heterocycles. The van der Waals surface area contributed by atoms with Gasteiger partial charge in [0.1, 0.15) is 0 Å². The van der Waals surface area contributed by atoms with Crippen molar-refractivity contribution >= 4 is 23.4 Å². The molecule has 13 heavy (non-hydrogen) atoms. The highest BCUT2D eigenvalue weighted by atomic mass is 35.5. The maximum absolute atomic E-state index is 10.6. The van der Waals surface area contributed by atoms with E-state index >= 15 is 0 Å². The van der Waals surface area contributed by atoms with Crippen LogP contribution in [0.3, 0.4) is 0 Å². The van der Waals surface area contributed by atoms with E-state index in [0.717, 1.165) is 11.1 Å². The molecule has 0 fully saturated rings. The minimum atomic E-state index is 0.337. The summed E-state index contributed by atoms with van der Waals surface area (Å²) in [7, 11) is 0.